The molecule has 3 rings (SSSR count). The van der Waals surface area contributed by atoms with Crippen molar-refractivity contribution in [1.82, 2.24) is 5.01 Å². The second-order valence-electron chi connectivity index (χ2n) is 6.50. The molecule has 0 spiro atoms. The summed E-state index contributed by atoms with van der Waals surface area (Å²) in [5.74, 6) is 0. The van der Waals surface area contributed by atoms with Gasteiger partial charge in [-0.3, -0.25) is 5.01 Å². The Labute approximate surface area is 143 Å². The number of nitrogens with zero attached hydrogens (tertiary/aromatic N) is 2. The highest BCUT2D eigenvalue weighted by atomic mass is 32.1. The average Bonchev–Trinajstić information content (AvgIpc) is 2.95. The van der Waals surface area contributed by atoms with Crippen LogP contribution in [0.25, 0.3) is 0 Å². The molecule has 0 saturated carbocycles. The third kappa shape index (κ3) is 4.43. The highest BCUT2D eigenvalue weighted by Crippen LogP contribution is 2.13. The predicted octanol–water partition coefficient (Wildman–Crippen LogP) is 2.41. The topological polar surface area (TPSA) is 20.0 Å². The predicted molar refractivity (Wildman–Crippen MR) is 98.5 cm³/mol. The molecule has 4 heteroatoms. The zero-order valence-electron chi connectivity index (χ0n) is 14.3. The Morgan fingerprint density at radius 2 is 1.91 bits per heavy atom. The SMILES string of the molecule is Cc1ccc(C[NH+]2CCN(N=Cc3ccc(C)s3)CC2)c(C)c1. The van der Waals surface area contributed by atoms with E-state index in [4.69, 9.17) is 0 Å². The Balaban J connectivity index is 1.51. The van der Waals surface area contributed by atoms with Crippen molar-refractivity contribution < 1.29 is 4.90 Å². The molecule has 0 radical (unpaired) electrons. The van der Waals surface area contributed by atoms with Crippen molar-refractivity contribution >= 4 is 17.6 Å². The van der Waals surface area contributed by atoms with E-state index in [9.17, 15) is 0 Å². The fraction of sp³-hybridized carbons (Fsp3) is 0.421. The number of piperazine rings is 1. The van der Waals surface area contributed by atoms with E-state index in [1.165, 1.54) is 26.4 Å². The van der Waals surface area contributed by atoms with E-state index >= 15 is 0 Å². The Morgan fingerprint density at radius 3 is 2.57 bits per heavy atom. The van der Waals surface area contributed by atoms with E-state index in [2.05, 4.69) is 61.2 Å². The number of nitrogens with one attached hydrogen (secondary N) is 1. The second-order valence-corrected chi connectivity index (χ2v) is 7.82. The van der Waals surface area contributed by atoms with Crippen LogP contribution in [0.5, 0.6) is 0 Å². The van der Waals surface area contributed by atoms with Gasteiger partial charge in [0.2, 0.25) is 0 Å². The van der Waals surface area contributed by atoms with Crippen LogP contribution in [0, 0.1) is 20.8 Å². The highest BCUT2D eigenvalue weighted by Gasteiger charge is 2.19. The summed E-state index contributed by atoms with van der Waals surface area (Å²) in [4.78, 5) is 4.25. The van der Waals surface area contributed by atoms with Crippen LogP contribution in [0.1, 0.15) is 26.4 Å². The molecule has 1 aromatic carbocycles. The van der Waals surface area contributed by atoms with Gasteiger partial charge in [-0.25, -0.2) is 0 Å². The van der Waals surface area contributed by atoms with E-state index < -0.39 is 0 Å². The molecule has 2 heterocycles. The van der Waals surface area contributed by atoms with Crippen molar-refractivity contribution in [3.8, 4) is 0 Å². The standard InChI is InChI=1S/C19H25N3S/c1-15-4-6-18(16(2)12-15)14-21-8-10-22(11-9-21)20-13-19-7-5-17(3)23-19/h4-7,12-13H,8-11,14H2,1-3H3/p+1. The average molecular weight is 329 g/mol. The van der Waals surface area contributed by atoms with Gasteiger partial charge in [-0.2, -0.15) is 5.10 Å². The first-order valence-electron chi connectivity index (χ1n) is 8.35. The van der Waals surface area contributed by atoms with Crippen molar-refractivity contribution in [2.45, 2.75) is 27.3 Å². The van der Waals surface area contributed by atoms with E-state index in [1.807, 2.05) is 6.21 Å². The molecule has 0 bridgehead atoms. The van der Waals surface area contributed by atoms with Gasteiger partial charge < -0.3 is 4.90 Å². The van der Waals surface area contributed by atoms with Crippen LogP contribution in [0.2, 0.25) is 0 Å². The number of hydrogen-bond donors (Lipinski definition) is 1. The Bertz CT molecular complexity index is 682. The van der Waals surface area contributed by atoms with Crippen LogP contribution in [0.4, 0.5) is 0 Å². The van der Waals surface area contributed by atoms with Gasteiger partial charge in [0.05, 0.1) is 32.4 Å². The molecule has 1 saturated heterocycles. The summed E-state index contributed by atoms with van der Waals surface area (Å²) in [6.07, 6.45) is 2.01. The van der Waals surface area contributed by atoms with Gasteiger partial charge in [0.15, 0.2) is 0 Å². The Morgan fingerprint density at radius 1 is 1.13 bits per heavy atom. The fourth-order valence-electron chi connectivity index (χ4n) is 3.08. The number of benzene rings is 1. The maximum absolute atomic E-state index is 4.64. The van der Waals surface area contributed by atoms with Gasteiger partial charge in [-0.05, 0) is 38.5 Å². The van der Waals surface area contributed by atoms with Crippen LogP contribution in [0.15, 0.2) is 35.4 Å². The van der Waals surface area contributed by atoms with Gasteiger partial charge in [0.1, 0.15) is 6.54 Å². The minimum Gasteiger partial charge on any atom is -0.328 e. The molecule has 0 unspecified atom stereocenters. The van der Waals surface area contributed by atoms with Crippen LogP contribution in [0.3, 0.4) is 0 Å². The summed E-state index contributed by atoms with van der Waals surface area (Å²) in [7, 11) is 0. The lowest BCUT2D eigenvalue weighted by Gasteiger charge is -2.30. The third-order valence-corrected chi connectivity index (χ3v) is 5.43. The van der Waals surface area contributed by atoms with Crippen molar-refractivity contribution in [1.29, 1.82) is 0 Å². The summed E-state index contributed by atoms with van der Waals surface area (Å²) < 4.78 is 0. The smallest absolute Gasteiger partial charge is 0.103 e. The van der Waals surface area contributed by atoms with Gasteiger partial charge in [-0.15, -0.1) is 11.3 Å². The lowest BCUT2D eigenvalue weighted by atomic mass is 10.1. The lowest BCUT2D eigenvalue weighted by Crippen LogP contribution is -3.13. The largest absolute Gasteiger partial charge is 0.328 e. The first-order chi connectivity index (χ1) is 11.1. The molecule has 0 aliphatic carbocycles. The van der Waals surface area contributed by atoms with Crippen LogP contribution in [-0.4, -0.2) is 37.4 Å². The molecule has 1 aromatic heterocycles. The molecule has 1 N–H and O–H groups in total. The maximum atomic E-state index is 4.64. The van der Waals surface area contributed by atoms with Crippen molar-refractivity contribution in [2.24, 2.45) is 5.10 Å². The molecule has 3 nitrogen and oxygen atoms in total. The van der Waals surface area contributed by atoms with Gasteiger partial charge in [0, 0.05) is 15.3 Å². The summed E-state index contributed by atoms with van der Waals surface area (Å²) in [6.45, 7) is 12.1. The summed E-state index contributed by atoms with van der Waals surface area (Å²) in [6, 6.07) is 11.1. The number of hydrazone groups is 1. The molecule has 122 valence electrons. The van der Waals surface area contributed by atoms with E-state index in [0.717, 1.165) is 32.7 Å². The summed E-state index contributed by atoms with van der Waals surface area (Å²) in [5.41, 5.74) is 4.26. The van der Waals surface area contributed by atoms with E-state index in [1.54, 1.807) is 16.2 Å². The molecule has 1 fully saturated rings. The zero-order chi connectivity index (χ0) is 16.2. The summed E-state index contributed by atoms with van der Waals surface area (Å²) >= 11 is 1.80. The molecule has 2 aromatic rings. The minimum absolute atomic E-state index is 1.04. The van der Waals surface area contributed by atoms with Crippen LogP contribution < -0.4 is 4.90 Å². The molecular weight excluding hydrogens is 302 g/mol. The fourth-order valence-corrected chi connectivity index (χ4v) is 3.82. The second kappa shape index (κ2) is 7.28. The van der Waals surface area contributed by atoms with E-state index in [-0.39, 0.29) is 0 Å². The normalized spacial score (nSPS) is 16.4. The third-order valence-electron chi connectivity index (χ3n) is 4.49. The monoisotopic (exact) mass is 328 g/mol. The molecule has 1 aliphatic heterocycles. The van der Waals surface area contributed by atoms with Gasteiger partial charge >= 0.3 is 0 Å². The minimum atomic E-state index is 1.04. The summed E-state index contributed by atoms with van der Waals surface area (Å²) in [5, 5.41) is 6.85. The Kier molecular flexibility index (Phi) is 5.13. The highest BCUT2D eigenvalue weighted by molar-refractivity contribution is 7.13. The number of hydrogen-bond acceptors (Lipinski definition) is 3. The molecular formula is C19H26N3S+. The van der Waals surface area contributed by atoms with Crippen LogP contribution >= 0.6 is 11.3 Å². The van der Waals surface area contributed by atoms with Gasteiger partial charge in [-0.1, -0.05) is 23.8 Å². The Hall–Kier alpha value is -1.65. The van der Waals surface area contributed by atoms with E-state index in [0.29, 0.717) is 0 Å². The molecule has 23 heavy (non-hydrogen) atoms. The molecule has 0 atom stereocenters. The first kappa shape index (κ1) is 16.2. The number of quaternary nitrogens is 1. The number of aryl methyl sites for hydroxylation is 3. The molecule has 1 aliphatic rings. The number of rotatable bonds is 4. The maximum Gasteiger partial charge on any atom is 0.103 e. The quantitative estimate of drug-likeness (QED) is 0.855. The van der Waals surface area contributed by atoms with Gasteiger partial charge in [0.25, 0.3) is 0 Å². The van der Waals surface area contributed by atoms with Crippen molar-refractivity contribution in [2.75, 3.05) is 26.2 Å². The molecule has 0 amide bonds. The first-order valence-corrected chi connectivity index (χ1v) is 9.17. The van der Waals surface area contributed by atoms with Crippen molar-refractivity contribution in [3.63, 3.8) is 0 Å². The van der Waals surface area contributed by atoms with Crippen molar-refractivity contribution in [3.05, 3.63) is 56.8 Å². The number of thiophene rings is 1. The van der Waals surface area contributed by atoms with Crippen LogP contribution in [-0.2, 0) is 6.54 Å². The lowest BCUT2D eigenvalue weighted by molar-refractivity contribution is -0.918. The zero-order valence-corrected chi connectivity index (χ0v) is 15.1.